The number of rotatable bonds is 7. The molecule has 0 bridgehead atoms. The van der Waals surface area contributed by atoms with E-state index in [2.05, 4.69) is 4.98 Å². The molecule has 0 N–H and O–H groups in total. The van der Waals surface area contributed by atoms with Crippen LogP contribution < -0.4 is 0 Å². The molecule has 0 aliphatic heterocycles. The molecule has 25 heavy (non-hydrogen) atoms. The van der Waals surface area contributed by atoms with Gasteiger partial charge in [-0.2, -0.15) is 0 Å². The number of nitrogens with zero attached hydrogens (tertiary/aromatic N) is 1. The number of hydrogen-bond acceptors (Lipinski definition) is 6. The molecule has 2 heterocycles. The fourth-order valence-corrected chi connectivity index (χ4v) is 3.19. The molecule has 0 amide bonds. The van der Waals surface area contributed by atoms with Crippen LogP contribution in [0.15, 0.2) is 34.3 Å². The second-order valence-electron chi connectivity index (χ2n) is 5.94. The third-order valence-corrected chi connectivity index (χ3v) is 4.86. The number of ether oxygens (including phenoxy) is 1. The van der Waals surface area contributed by atoms with E-state index >= 15 is 0 Å². The van der Waals surface area contributed by atoms with Gasteiger partial charge in [0.25, 0.3) is 0 Å². The van der Waals surface area contributed by atoms with Crippen molar-refractivity contribution < 1.29 is 18.7 Å². The minimum Gasteiger partial charge on any atom is -0.459 e. The molecule has 0 radical (unpaired) electrons. The molecule has 3 aromatic rings. The molecule has 0 unspecified atom stereocenters. The van der Waals surface area contributed by atoms with Gasteiger partial charge in [0.05, 0.1) is 12.1 Å². The van der Waals surface area contributed by atoms with Gasteiger partial charge in [0.15, 0.2) is 0 Å². The average Bonchev–Trinajstić information content (AvgIpc) is 3.21. The highest BCUT2D eigenvalue weighted by molar-refractivity contribution is 7.09. The van der Waals surface area contributed by atoms with E-state index in [1.54, 1.807) is 18.6 Å². The van der Waals surface area contributed by atoms with E-state index in [9.17, 15) is 9.59 Å². The number of aromatic nitrogens is 1. The van der Waals surface area contributed by atoms with E-state index in [1.807, 2.05) is 25.1 Å². The summed E-state index contributed by atoms with van der Waals surface area (Å²) in [6.45, 7) is 3.73. The first-order chi connectivity index (χ1) is 12.0. The topological polar surface area (TPSA) is 69.4 Å². The van der Waals surface area contributed by atoms with Gasteiger partial charge in [-0.1, -0.05) is 6.07 Å². The number of esters is 1. The second-order valence-corrected chi connectivity index (χ2v) is 6.91. The van der Waals surface area contributed by atoms with Crippen LogP contribution in [0, 0.1) is 6.92 Å². The first kappa shape index (κ1) is 17.4. The molecular weight excluding hydrogens is 338 g/mol. The number of carbonyl (C=O) groups is 2. The number of thiazole rings is 1. The Morgan fingerprint density at radius 2 is 2.12 bits per heavy atom. The van der Waals surface area contributed by atoms with Crippen molar-refractivity contribution in [1.82, 2.24) is 4.98 Å². The Morgan fingerprint density at radius 1 is 1.28 bits per heavy atom. The molecule has 2 aromatic heterocycles. The Hall–Kier alpha value is -2.47. The van der Waals surface area contributed by atoms with Crippen LogP contribution in [-0.2, 0) is 22.4 Å². The van der Waals surface area contributed by atoms with E-state index in [0.29, 0.717) is 31.5 Å². The van der Waals surface area contributed by atoms with Gasteiger partial charge in [-0.05, 0) is 38.0 Å². The molecule has 130 valence electrons. The maximum absolute atomic E-state index is 12.3. The predicted octanol–water partition coefficient (Wildman–Crippen LogP) is 4.12. The lowest BCUT2D eigenvalue weighted by molar-refractivity contribution is -0.116. The van der Waals surface area contributed by atoms with Crippen molar-refractivity contribution in [3.63, 3.8) is 0 Å². The van der Waals surface area contributed by atoms with Crippen LogP contribution in [0.1, 0.15) is 39.9 Å². The van der Waals surface area contributed by atoms with Crippen LogP contribution >= 0.6 is 11.3 Å². The number of Topliss-reactive ketones (excluding diaryl/α,β-unsaturated/α-hetero) is 1. The number of fused-ring (bicyclic) bond motifs is 1. The van der Waals surface area contributed by atoms with Crippen LogP contribution in [0.4, 0.5) is 0 Å². The van der Waals surface area contributed by atoms with Gasteiger partial charge in [-0.3, -0.25) is 4.98 Å². The molecule has 0 aliphatic rings. The highest BCUT2D eigenvalue weighted by Crippen LogP contribution is 2.27. The van der Waals surface area contributed by atoms with Crippen molar-refractivity contribution in [2.75, 3.05) is 6.61 Å². The van der Waals surface area contributed by atoms with Gasteiger partial charge in [-0.15, -0.1) is 11.3 Å². The first-order valence-corrected chi connectivity index (χ1v) is 8.98. The molecule has 0 atom stereocenters. The molecule has 0 saturated heterocycles. The standard InChI is InChI=1S/C19H19NO4S/c1-12(21)3-4-14-5-6-17-16(9-14)13(2)18(24-17)19(22)23-8-7-15-10-20-11-25-15/h5-6,9-11H,3-4,7-8H2,1-2H3. The van der Waals surface area contributed by atoms with Gasteiger partial charge in [0.1, 0.15) is 11.4 Å². The van der Waals surface area contributed by atoms with Crippen molar-refractivity contribution in [3.05, 3.63) is 51.7 Å². The maximum atomic E-state index is 12.3. The molecule has 0 spiro atoms. The minimum atomic E-state index is -0.455. The zero-order valence-corrected chi connectivity index (χ0v) is 15.0. The quantitative estimate of drug-likeness (QED) is 0.595. The van der Waals surface area contributed by atoms with E-state index in [4.69, 9.17) is 9.15 Å². The average molecular weight is 357 g/mol. The molecule has 1 aromatic carbocycles. The van der Waals surface area contributed by atoms with E-state index in [-0.39, 0.29) is 11.5 Å². The van der Waals surface area contributed by atoms with Gasteiger partial charge >= 0.3 is 5.97 Å². The van der Waals surface area contributed by atoms with Gasteiger partial charge in [0, 0.05) is 34.9 Å². The van der Waals surface area contributed by atoms with Crippen molar-refractivity contribution >= 4 is 34.1 Å². The predicted molar refractivity (Wildman–Crippen MR) is 96.1 cm³/mol. The first-order valence-electron chi connectivity index (χ1n) is 8.10. The number of hydrogen-bond donors (Lipinski definition) is 0. The zero-order chi connectivity index (χ0) is 17.8. The van der Waals surface area contributed by atoms with Crippen LogP contribution in [0.3, 0.4) is 0 Å². The summed E-state index contributed by atoms with van der Waals surface area (Å²) in [5.74, 6) is -0.0549. The summed E-state index contributed by atoms with van der Waals surface area (Å²) in [5.41, 5.74) is 4.22. The lowest BCUT2D eigenvalue weighted by Gasteiger charge is -2.02. The second kappa shape index (κ2) is 7.61. The fraction of sp³-hybridized carbons (Fsp3) is 0.316. The van der Waals surface area contributed by atoms with Gasteiger partial charge in [-0.25, -0.2) is 4.79 Å². The minimum absolute atomic E-state index is 0.161. The molecule has 3 rings (SSSR count). The SMILES string of the molecule is CC(=O)CCc1ccc2oc(C(=O)OCCc3cncs3)c(C)c2c1. The summed E-state index contributed by atoms with van der Waals surface area (Å²) in [5, 5.41) is 0.885. The van der Waals surface area contributed by atoms with Crippen LogP contribution in [-0.4, -0.2) is 23.3 Å². The van der Waals surface area contributed by atoms with Crippen LogP contribution in [0.2, 0.25) is 0 Å². The number of benzene rings is 1. The Bertz CT molecular complexity index is 896. The third-order valence-electron chi connectivity index (χ3n) is 4.02. The lowest BCUT2D eigenvalue weighted by atomic mass is 10.0. The van der Waals surface area contributed by atoms with Crippen molar-refractivity contribution in [1.29, 1.82) is 0 Å². The molecule has 0 fully saturated rings. The van der Waals surface area contributed by atoms with E-state index in [1.165, 1.54) is 11.3 Å². The number of furan rings is 1. The number of aryl methyl sites for hydroxylation is 2. The molecular formula is C19H19NO4S. The number of carbonyl (C=O) groups excluding carboxylic acids is 2. The fourth-order valence-electron chi connectivity index (χ4n) is 2.61. The monoisotopic (exact) mass is 357 g/mol. The summed E-state index contributed by atoms with van der Waals surface area (Å²) in [7, 11) is 0. The largest absolute Gasteiger partial charge is 0.459 e. The maximum Gasteiger partial charge on any atom is 0.374 e. The molecule has 0 saturated carbocycles. The Balaban J connectivity index is 1.71. The summed E-state index contributed by atoms with van der Waals surface area (Å²) < 4.78 is 11.0. The van der Waals surface area contributed by atoms with Crippen LogP contribution in [0.25, 0.3) is 11.0 Å². The highest BCUT2D eigenvalue weighted by Gasteiger charge is 2.19. The lowest BCUT2D eigenvalue weighted by Crippen LogP contribution is -2.08. The van der Waals surface area contributed by atoms with E-state index in [0.717, 1.165) is 21.4 Å². The third kappa shape index (κ3) is 4.14. The molecule has 6 heteroatoms. The molecule has 5 nitrogen and oxygen atoms in total. The number of ketones is 1. The molecule has 0 aliphatic carbocycles. The summed E-state index contributed by atoms with van der Waals surface area (Å²) >= 11 is 1.54. The highest BCUT2D eigenvalue weighted by atomic mass is 32.1. The normalized spacial score (nSPS) is 11.0. The van der Waals surface area contributed by atoms with Crippen molar-refractivity contribution in [2.45, 2.75) is 33.1 Å². The van der Waals surface area contributed by atoms with Crippen molar-refractivity contribution in [3.8, 4) is 0 Å². The van der Waals surface area contributed by atoms with E-state index < -0.39 is 5.97 Å². The summed E-state index contributed by atoms with van der Waals surface area (Å²) in [6.07, 6.45) is 3.61. The van der Waals surface area contributed by atoms with Gasteiger partial charge in [0.2, 0.25) is 5.76 Å². The summed E-state index contributed by atoms with van der Waals surface area (Å²) in [6, 6.07) is 5.74. The Kier molecular flexibility index (Phi) is 5.28. The Morgan fingerprint density at radius 3 is 2.84 bits per heavy atom. The Labute approximate surface area is 149 Å². The van der Waals surface area contributed by atoms with Gasteiger partial charge < -0.3 is 13.9 Å². The summed E-state index contributed by atoms with van der Waals surface area (Å²) in [4.78, 5) is 28.5. The van der Waals surface area contributed by atoms with Crippen LogP contribution in [0.5, 0.6) is 0 Å². The zero-order valence-electron chi connectivity index (χ0n) is 14.2. The van der Waals surface area contributed by atoms with Crippen molar-refractivity contribution in [2.24, 2.45) is 0 Å². The smallest absolute Gasteiger partial charge is 0.374 e.